The summed E-state index contributed by atoms with van der Waals surface area (Å²) in [5.41, 5.74) is -0.984. The van der Waals surface area contributed by atoms with Crippen LogP contribution in [-0.2, 0) is 49.3 Å². The number of β-amino-alcohol motifs (C(OH)–C–C–N with tert-alkyl or cyclic N) is 1. The molecule has 1 aromatic rings. The van der Waals surface area contributed by atoms with Crippen molar-refractivity contribution < 1.29 is 122 Å². The Morgan fingerprint density at radius 2 is 1.55 bits per heavy atom. The molecule has 378 valence electrons. The van der Waals surface area contributed by atoms with Crippen LogP contribution in [0.3, 0.4) is 0 Å². The van der Waals surface area contributed by atoms with Gasteiger partial charge in [-0.05, 0) is 45.4 Å². The number of aromatic hydroxyl groups is 1. The van der Waals surface area contributed by atoms with Gasteiger partial charge in [-0.1, -0.05) is 13.0 Å². The molecule has 7 amide bonds. The van der Waals surface area contributed by atoms with Crippen molar-refractivity contribution in [2.75, 3.05) is 26.2 Å². The van der Waals surface area contributed by atoms with Gasteiger partial charge >= 0.3 is 35.7 Å². The minimum atomic E-state index is -2.14. The van der Waals surface area contributed by atoms with E-state index >= 15 is 0 Å². The zero-order chi connectivity index (χ0) is 50.8. The number of carbonyl (C=O) groups is 7. The SMILES string of the molecule is [C-]#[N+]C[C@@H](O)[C@@H]1NC(=O)[C@H]([C@H](O)Cc2ccc(O)c(OSOO[O-])c2)NC(=O)[C@@H]2C[C@@H](O)CN2C(=O)[C@H]([C@@H](C)O)NC(=O)[C@@H](NC(=O)OC(C)(C)C)C[C@@H](O)CNC(=O)[C@@H]2[C@@H](O)[C@@H](C)CN2C1=O.[Na+]. The first-order chi connectivity index (χ1) is 31.9. The molecule has 0 aromatic heterocycles. The number of rotatable bonds is 11. The van der Waals surface area contributed by atoms with Crippen molar-refractivity contribution in [3.63, 3.8) is 0 Å². The van der Waals surface area contributed by atoms with Crippen LogP contribution in [0.2, 0.25) is 0 Å². The Morgan fingerprint density at radius 3 is 2.17 bits per heavy atom. The molecule has 3 heterocycles. The Morgan fingerprint density at radius 1 is 0.913 bits per heavy atom. The molecule has 13 atom stereocenters. The molecule has 12 N–H and O–H groups in total. The maximum absolute atomic E-state index is 14.4. The average molecular weight is 1010 g/mol. The van der Waals surface area contributed by atoms with E-state index in [0.717, 1.165) is 28.9 Å². The molecular formula is C40H57N8NaO19S. The zero-order valence-electron chi connectivity index (χ0n) is 38.5. The number of fused-ring (bicyclic) bond motifs is 2. The van der Waals surface area contributed by atoms with E-state index in [4.69, 9.17) is 15.5 Å². The van der Waals surface area contributed by atoms with Crippen LogP contribution >= 0.6 is 12.3 Å². The largest absolute Gasteiger partial charge is 1.00 e. The van der Waals surface area contributed by atoms with E-state index in [2.05, 4.69) is 40.8 Å². The normalized spacial score (nSPS) is 29.0. The van der Waals surface area contributed by atoms with Crippen LogP contribution in [-0.4, -0.2) is 192 Å². The molecule has 3 fully saturated rings. The molecule has 0 radical (unpaired) electrons. The molecule has 0 spiro atoms. The fourth-order valence-electron chi connectivity index (χ4n) is 7.74. The number of nitrogens with one attached hydrogen (secondary N) is 5. The van der Waals surface area contributed by atoms with E-state index < -0.39 is 171 Å². The molecule has 29 heteroatoms. The van der Waals surface area contributed by atoms with Crippen LogP contribution in [0.25, 0.3) is 4.85 Å². The van der Waals surface area contributed by atoms with E-state index in [9.17, 15) is 74.6 Å². The van der Waals surface area contributed by atoms with E-state index in [0.29, 0.717) is 0 Å². The number of nitrogens with zero attached hydrogens (tertiary/aromatic N) is 3. The number of alkyl carbamates (subject to hydrolysis) is 1. The number of amides is 7. The van der Waals surface area contributed by atoms with Crippen LogP contribution < -0.4 is 65.6 Å². The van der Waals surface area contributed by atoms with Gasteiger partial charge in [0.1, 0.15) is 41.9 Å². The fraction of sp³-hybridized carbons (Fsp3) is 0.650. The first kappa shape index (κ1) is 58.7. The standard InChI is InChI=1S/C40H58N8O19S.Na/c1-17-15-48-31(32(17)55)36(59)42-13-20(50)11-22(43-39(62)64-40(3,4)5)33(56)44-28(18(2)49)37(60)47-16-21(51)12-23(47)34(57)45-29(35(58)46-30(38(48)61)26(54)14-41-6)25(53)9-19-7-8-24(52)27(10-19)65-68-67-66-63;/h7-8,10,17-18,20-23,25-26,28-32,49-55,63H,9,11-16H2,1-5H3,(H,42,59)(H,43,62)(H,44,56)(H,45,57)(H,46,58);/q;+1/p-1/t17-,18+,20+,21+,22-,23-,25+,26+,28-,29-,30-,31-,32-;/m0./s1. The van der Waals surface area contributed by atoms with E-state index in [1.54, 1.807) is 0 Å². The number of benzene rings is 1. The molecule has 0 bridgehead atoms. The third-order valence-corrected chi connectivity index (χ3v) is 11.4. The second-order valence-electron chi connectivity index (χ2n) is 17.6. The number of aliphatic hydroxyl groups is 6. The molecule has 4 rings (SSSR count). The summed E-state index contributed by atoms with van der Waals surface area (Å²) in [5.74, 6) is -8.80. The molecule has 0 saturated carbocycles. The van der Waals surface area contributed by atoms with Crippen LogP contribution in [0.15, 0.2) is 18.2 Å². The molecule has 69 heavy (non-hydrogen) atoms. The predicted octanol–water partition coefficient (Wildman–Crippen LogP) is -8.48. The van der Waals surface area contributed by atoms with Crippen molar-refractivity contribution in [1.82, 2.24) is 36.4 Å². The molecule has 3 aliphatic heterocycles. The molecule has 0 aliphatic carbocycles. The van der Waals surface area contributed by atoms with Crippen molar-refractivity contribution in [3.8, 4) is 11.5 Å². The van der Waals surface area contributed by atoms with Gasteiger partial charge in [0.05, 0.1) is 30.5 Å². The number of ether oxygens (including phenoxy) is 1. The number of phenols is 1. The molecule has 1 aromatic carbocycles. The smallest absolute Gasteiger partial charge is 0.691 e. The van der Waals surface area contributed by atoms with Crippen LogP contribution in [0.1, 0.15) is 53.0 Å². The fourth-order valence-corrected chi connectivity index (χ4v) is 8.00. The minimum Gasteiger partial charge on any atom is -0.691 e. The first-order valence-electron chi connectivity index (χ1n) is 21.2. The van der Waals surface area contributed by atoms with Gasteiger partial charge in [0.2, 0.25) is 42.0 Å². The van der Waals surface area contributed by atoms with Crippen molar-refractivity contribution in [3.05, 3.63) is 35.2 Å². The van der Waals surface area contributed by atoms with E-state index in [1.807, 2.05) is 0 Å². The van der Waals surface area contributed by atoms with E-state index in [-0.39, 0.29) is 59.7 Å². The number of carbonyl (C=O) groups excluding carboxylic acids is 7. The summed E-state index contributed by atoms with van der Waals surface area (Å²) in [7, 11) is 0. The summed E-state index contributed by atoms with van der Waals surface area (Å²) < 4.78 is 14.3. The summed E-state index contributed by atoms with van der Waals surface area (Å²) >= 11 is 0.00674. The first-order valence-corrected chi connectivity index (χ1v) is 21.9. The van der Waals surface area contributed by atoms with Crippen molar-refractivity contribution in [2.45, 2.75) is 132 Å². The number of hydrogen-bond acceptors (Lipinski definition) is 20. The van der Waals surface area contributed by atoms with Crippen LogP contribution in [0.5, 0.6) is 11.5 Å². The van der Waals surface area contributed by atoms with Gasteiger partial charge in [-0.15, -0.1) is 4.33 Å². The van der Waals surface area contributed by atoms with Gasteiger partial charge < -0.3 is 91.2 Å². The zero-order valence-corrected chi connectivity index (χ0v) is 41.3. The topological polar surface area (TPSA) is 392 Å². The molecule has 3 aliphatic rings. The van der Waals surface area contributed by atoms with Gasteiger partial charge in [0.15, 0.2) is 17.6 Å². The maximum atomic E-state index is 14.4. The van der Waals surface area contributed by atoms with Crippen molar-refractivity contribution >= 4 is 53.9 Å². The van der Waals surface area contributed by atoms with Crippen LogP contribution in [0.4, 0.5) is 4.79 Å². The van der Waals surface area contributed by atoms with Gasteiger partial charge in [-0.3, -0.25) is 33.8 Å². The summed E-state index contributed by atoms with van der Waals surface area (Å²) in [6.45, 7) is 12.1. The van der Waals surface area contributed by atoms with Gasteiger partial charge in [0, 0.05) is 44.8 Å². The second kappa shape index (κ2) is 26.0. The van der Waals surface area contributed by atoms with Crippen molar-refractivity contribution in [2.24, 2.45) is 5.92 Å². The summed E-state index contributed by atoms with van der Waals surface area (Å²) in [6.07, 6.45) is -13.3. The Labute approximate surface area is 421 Å². The van der Waals surface area contributed by atoms with E-state index in [1.165, 1.54) is 33.8 Å². The number of hydrogen-bond donors (Lipinski definition) is 12. The predicted molar refractivity (Wildman–Crippen MR) is 227 cm³/mol. The Balaban J connectivity index is 0.0000126. The average Bonchev–Trinajstić information content (AvgIpc) is 3.80. The molecule has 3 saturated heterocycles. The van der Waals surface area contributed by atoms with Gasteiger partial charge in [-0.2, -0.15) is 0 Å². The number of phenolic OH excluding ortho intramolecular Hbond substituents is 1. The second-order valence-corrected chi connectivity index (χ2v) is 18.0. The number of aliphatic hydroxyl groups excluding tert-OH is 6. The summed E-state index contributed by atoms with van der Waals surface area (Å²) in [5, 5.41) is 102. The molecule has 0 unspecified atom stereocenters. The Kier molecular flexibility index (Phi) is 22.1. The maximum Gasteiger partial charge on any atom is 1.00 e. The minimum absolute atomic E-state index is 0. The summed E-state index contributed by atoms with van der Waals surface area (Å²) in [6, 6.07) is -7.82. The Bertz CT molecular complexity index is 2050. The van der Waals surface area contributed by atoms with Crippen molar-refractivity contribution in [1.29, 1.82) is 0 Å². The third-order valence-electron chi connectivity index (χ3n) is 11.1. The molecule has 27 nitrogen and oxygen atoms in total. The molecular weight excluding hydrogens is 952 g/mol. The Hall–Kier alpha value is -4.61. The monoisotopic (exact) mass is 1010 g/mol. The third kappa shape index (κ3) is 15.9. The summed E-state index contributed by atoms with van der Waals surface area (Å²) in [4.78, 5) is 103. The van der Waals surface area contributed by atoms with Gasteiger partial charge in [0.25, 0.3) is 12.3 Å². The quantitative estimate of drug-likeness (QED) is 0.0245. The van der Waals surface area contributed by atoms with Crippen LogP contribution in [0, 0.1) is 12.5 Å². The van der Waals surface area contributed by atoms with Gasteiger partial charge in [-0.25, -0.2) is 11.4 Å².